The molecule has 22 heavy (non-hydrogen) atoms. The Balaban J connectivity index is 1.56. The van der Waals surface area contributed by atoms with Crippen LogP contribution in [0.25, 0.3) is 0 Å². The van der Waals surface area contributed by atoms with Gasteiger partial charge in [0, 0.05) is 45.0 Å². The van der Waals surface area contributed by atoms with E-state index >= 15 is 0 Å². The second-order valence-corrected chi connectivity index (χ2v) is 6.46. The Labute approximate surface area is 132 Å². The molecule has 0 bridgehead atoms. The number of benzene rings is 1. The first-order chi connectivity index (χ1) is 10.7. The Morgan fingerprint density at radius 3 is 2.86 bits per heavy atom. The molecule has 0 aliphatic carbocycles. The number of rotatable bonds is 4. The van der Waals surface area contributed by atoms with Gasteiger partial charge in [-0.15, -0.1) is 0 Å². The summed E-state index contributed by atoms with van der Waals surface area (Å²) in [7, 11) is 2.17. The first-order valence-electron chi connectivity index (χ1n) is 8.22. The van der Waals surface area contributed by atoms with Crippen molar-refractivity contribution in [1.29, 1.82) is 0 Å². The van der Waals surface area contributed by atoms with E-state index in [4.69, 9.17) is 0 Å². The highest BCUT2D eigenvalue weighted by atomic mass is 16.1. The van der Waals surface area contributed by atoms with Crippen molar-refractivity contribution in [2.45, 2.75) is 13.0 Å². The highest BCUT2D eigenvalue weighted by molar-refractivity contribution is 5.92. The Morgan fingerprint density at radius 2 is 2.14 bits per heavy atom. The smallest absolute Gasteiger partial charge is 0.228 e. The van der Waals surface area contributed by atoms with Crippen LogP contribution in [0.2, 0.25) is 0 Å². The molecule has 2 aliphatic heterocycles. The van der Waals surface area contributed by atoms with Crippen LogP contribution in [0.3, 0.4) is 0 Å². The van der Waals surface area contributed by atoms with Crippen molar-refractivity contribution in [1.82, 2.24) is 15.1 Å². The molecular formula is C17H26N4O. The van der Waals surface area contributed by atoms with E-state index in [-0.39, 0.29) is 11.8 Å². The highest BCUT2D eigenvalue weighted by Gasteiger charge is 2.22. The lowest BCUT2D eigenvalue weighted by atomic mass is 10.1. The molecule has 1 aromatic carbocycles. The van der Waals surface area contributed by atoms with Gasteiger partial charge in [0.1, 0.15) is 0 Å². The molecular weight excluding hydrogens is 276 g/mol. The number of anilines is 1. The fourth-order valence-electron chi connectivity index (χ4n) is 3.13. The number of carbonyl (C=O) groups excluding carboxylic acids is 1. The van der Waals surface area contributed by atoms with Crippen molar-refractivity contribution >= 4 is 11.6 Å². The first-order valence-corrected chi connectivity index (χ1v) is 8.22. The van der Waals surface area contributed by atoms with Crippen LogP contribution in [0.5, 0.6) is 0 Å². The van der Waals surface area contributed by atoms with Gasteiger partial charge in [-0.05, 0) is 37.7 Å². The van der Waals surface area contributed by atoms with Crippen LogP contribution in [0, 0.1) is 5.92 Å². The summed E-state index contributed by atoms with van der Waals surface area (Å²) in [4.78, 5) is 17.0. The maximum Gasteiger partial charge on any atom is 0.228 e. The Kier molecular flexibility index (Phi) is 5.08. The lowest BCUT2D eigenvalue weighted by Crippen LogP contribution is -2.43. The van der Waals surface area contributed by atoms with E-state index in [0.717, 1.165) is 57.9 Å². The molecule has 1 amide bonds. The van der Waals surface area contributed by atoms with Crippen molar-refractivity contribution in [3.8, 4) is 0 Å². The van der Waals surface area contributed by atoms with Gasteiger partial charge in [-0.25, -0.2) is 0 Å². The second-order valence-electron chi connectivity index (χ2n) is 6.46. The van der Waals surface area contributed by atoms with Crippen LogP contribution in [0.1, 0.15) is 12.0 Å². The molecule has 0 spiro atoms. The zero-order chi connectivity index (χ0) is 15.4. The predicted octanol–water partition coefficient (Wildman–Crippen LogP) is 0.982. The van der Waals surface area contributed by atoms with E-state index in [0.29, 0.717) is 0 Å². The Morgan fingerprint density at radius 1 is 1.32 bits per heavy atom. The van der Waals surface area contributed by atoms with Gasteiger partial charge in [-0.1, -0.05) is 12.1 Å². The number of piperazine rings is 1. The molecule has 2 heterocycles. The summed E-state index contributed by atoms with van der Waals surface area (Å²) >= 11 is 0. The van der Waals surface area contributed by atoms with Crippen LogP contribution in [-0.2, 0) is 11.3 Å². The van der Waals surface area contributed by atoms with Gasteiger partial charge in [0.15, 0.2) is 0 Å². The van der Waals surface area contributed by atoms with Crippen LogP contribution < -0.4 is 10.6 Å². The second kappa shape index (κ2) is 7.22. The fourth-order valence-corrected chi connectivity index (χ4v) is 3.13. The van der Waals surface area contributed by atoms with Crippen molar-refractivity contribution < 1.29 is 4.79 Å². The molecule has 2 fully saturated rings. The quantitative estimate of drug-likeness (QED) is 0.870. The molecule has 2 saturated heterocycles. The fraction of sp³-hybridized carbons (Fsp3) is 0.588. The van der Waals surface area contributed by atoms with Gasteiger partial charge in [0.2, 0.25) is 5.91 Å². The zero-order valence-electron chi connectivity index (χ0n) is 13.3. The molecule has 120 valence electrons. The number of hydrogen-bond donors (Lipinski definition) is 2. The van der Waals surface area contributed by atoms with E-state index in [9.17, 15) is 4.79 Å². The predicted molar refractivity (Wildman–Crippen MR) is 88.8 cm³/mol. The molecule has 1 unspecified atom stereocenters. The number of hydrogen-bond acceptors (Lipinski definition) is 4. The van der Waals surface area contributed by atoms with Crippen molar-refractivity contribution in [2.24, 2.45) is 5.92 Å². The Bertz CT molecular complexity index is 505. The third-order valence-electron chi connectivity index (χ3n) is 4.63. The summed E-state index contributed by atoms with van der Waals surface area (Å²) < 4.78 is 0. The van der Waals surface area contributed by atoms with Crippen LogP contribution in [-0.4, -0.2) is 62.0 Å². The third-order valence-corrected chi connectivity index (χ3v) is 4.63. The van der Waals surface area contributed by atoms with E-state index in [1.54, 1.807) is 0 Å². The molecule has 2 N–H and O–H groups in total. The molecule has 1 aromatic rings. The summed E-state index contributed by atoms with van der Waals surface area (Å²) in [5.41, 5.74) is 2.19. The molecule has 5 nitrogen and oxygen atoms in total. The van der Waals surface area contributed by atoms with Crippen LogP contribution in [0.4, 0.5) is 5.69 Å². The topological polar surface area (TPSA) is 47.6 Å². The van der Waals surface area contributed by atoms with E-state index in [1.807, 2.05) is 12.1 Å². The molecule has 2 aliphatic rings. The van der Waals surface area contributed by atoms with Crippen molar-refractivity contribution in [2.75, 3.05) is 51.6 Å². The normalized spacial score (nSPS) is 23.6. The highest BCUT2D eigenvalue weighted by Crippen LogP contribution is 2.16. The molecule has 3 rings (SSSR count). The van der Waals surface area contributed by atoms with Gasteiger partial charge in [-0.2, -0.15) is 0 Å². The number of amides is 1. The summed E-state index contributed by atoms with van der Waals surface area (Å²) in [6.45, 7) is 7.19. The minimum atomic E-state index is 0.112. The van der Waals surface area contributed by atoms with Gasteiger partial charge in [0.05, 0.1) is 5.92 Å². The van der Waals surface area contributed by atoms with Gasteiger partial charge in [-0.3, -0.25) is 9.69 Å². The number of carbonyl (C=O) groups is 1. The van der Waals surface area contributed by atoms with Crippen molar-refractivity contribution in [3.05, 3.63) is 29.8 Å². The molecule has 0 aromatic heterocycles. The minimum Gasteiger partial charge on any atom is -0.326 e. The first kappa shape index (κ1) is 15.5. The van der Waals surface area contributed by atoms with Crippen molar-refractivity contribution in [3.63, 3.8) is 0 Å². The summed E-state index contributed by atoms with van der Waals surface area (Å²) in [5, 5.41) is 6.30. The van der Waals surface area contributed by atoms with Gasteiger partial charge in [0.25, 0.3) is 0 Å². The minimum absolute atomic E-state index is 0.112. The summed E-state index contributed by atoms with van der Waals surface area (Å²) in [6.07, 6.45) is 0.937. The number of nitrogens with one attached hydrogen (secondary N) is 2. The van der Waals surface area contributed by atoms with E-state index in [2.05, 4.69) is 39.6 Å². The van der Waals surface area contributed by atoms with E-state index < -0.39 is 0 Å². The average molecular weight is 302 g/mol. The molecule has 1 atom stereocenters. The van der Waals surface area contributed by atoms with Gasteiger partial charge >= 0.3 is 0 Å². The number of likely N-dealkylation sites (N-methyl/N-ethyl adjacent to an activating group) is 1. The summed E-state index contributed by atoms with van der Waals surface area (Å²) in [6, 6.07) is 8.27. The largest absolute Gasteiger partial charge is 0.326 e. The summed E-state index contributed by atoms with van der Waals surface area (Å²) in [5.74, 6) is 0.253. The standard InChI is InChI=1S/C17H26N4O/c1-20-7-9-21(10-8-20)13-14-3-2-4-16(11-14)19-17(22)15-5-6-18-12-15/h2-4,11,15,18H,5-10,12-13H2,1H3,(H,19,22). The maximum absolute atomic E-state index is 12.2. The molecule has 0 saturated carbocycles. The Hall–Kier alpha value is -1.43. The average Bonchev–Trinajstić information content (AvgIpc) is 3.04. The van der Waals surface area contributed by atoms with Crippen LogP contribution in [0.15, 0.2) is 24.3 Å². The lowest BCUT2D eigenvalue weighted by Gasteiger charge is -2.32. The zero-order valence-corrected chi connectivity index (χ0v) is 13.3. The maximum atomic E-state index is 12.2. The third kappa shape index (κ3) is 4.06. The van der Waals surface area contributed by atoms with Crippen LogP contribution >= 0.6 is 0 Å². The number of nitrogens with zero attached hydrogens (tertiary/aromatic N) is 2. The SMILES string of the molecule is CN1CCN(Cc2cccc(NC(=O)C3CCNC3)c2)CC1. The molecule has 0 radical (unpaired) electrons. The van der Waals surface area contributed by atoms with Gasteiger partial charge < -0.3 is 15.5 Å². The van der Waals surface area contributed by atoms with E-state index in [1.165, 1.54) is 5.56 Å². The molecule has 5 heteroatoms. The lowest BCUT2D eigenvalue weighted by molar-refractivity contribution is -0.119. The monoisotopic (exact) mass is 302 g/mol.